The van der Waals surface area contributed by atoms with E-state index in [1.165, 1.54) is 23.1 Å². The number of rotatable bonds is 12. The van der Waals surface area contributed by atoms with Gasteiger partial charge in [-0.2, -0.15) is 0 Å². The number of thioether (sulfide) groups is 1. The molecule has 0 radical (unpaired) electrons. The highest BCUT2D eigenvalue weighted by Gasteiger charge is 2.24. The van der Waals surface area contributed by atoms with Crippen molar-refractivity contribution in [2.24, 2.45) is 0 Å². The molecule has 8 nitrogen and oxygen atoms in total. The molecule has 0 aliphatic carbocycles. The van der Waals surface area contributed by atoms with Crippen molar-refractivity contribution >= 4 is 68.5 Å². The number of hydrogen-bond donors (Lipinski definition) is 3. The lowest BCUT2D eigenvalue weighted by atomic mass is 10.0. The van der Waals surface area contributed by atoms with Gasteiger partial charge in [0, 0.05) is 27.1 Å². The molecule has 0 aliphatic rings. The molecule has 7 rings (SSSR count). The van der Waals surface area contributed by atoms with Gasteiger partial charge < -0.3 is 20.7 Å². The second-order valence-corrected chi connectivity index (χ2v) is 14.1. The summed E-state index contributed by atoms with van der Waals surface area (Å²) < 4.78 is 5.26. The van der Waals surface area contributed by atoms with Gasteiger partial charge in [0.2, 0.25) is 5.91 Å². The van der Waals surface area contributed by atoms with Crippen LogP contribution in [0.3, 0.4) is 0 Å². The number of ether oxygens (including phenoxy) is 1. The van der Waals surface area contributed by atoms with E-state index >= 15 is 0 Å². The van der Waals surface area contributed by atoms with Crippen molar-refractivity contribution in [1.29, 1.82) is 0 Å². The molecule has 0 saturated carbocycles. The van der Waals surface area contributed by atoms with Crippen LogP contribution in [0.25, 0.3) is 28.1 Å². The molecule has 1 aromatic heterocycles. The average molecular weight is 747 g/mol. The van der Waals surface area contributed by atoms with Crippen LogP contribution < -0.4 is 20.7 Å². The predicted molar refractivity (Wildman–Crippen MR) is 219 cm³/mol. The Labute approximate surface area is 320 Å². The lowest BCUT2D eigenvalue weighted by Crippen LogP contribution is -2.30. The quantitative estimate of drug-likeness (QED) is 0.0849. The van der Waals surface area contributed by atoms with Crippen LogP contribution in [0.4, 0.5) is 10.8 Å². The zero-order chi connectivity index (χ0) is 37.3. The number of anilines is 2. The van der Waals surface area contributed by atoms with Crippen LogP contribution in [0.15, 0.2) is 168 Å². The smallest absolute Gasteiger partial charge is 0.272 e. The maximum atomic E-state index is 13.8. The van der Waals surface area contributed by atoms with Gasteiger partial charge in [-0.15, -0.1) is 23.1 Å². The second kappa shape index (κ2) is 16.9. The molecule has 3 amide bonds. The van der Waals surface area contributed by atoms with E-state index in [-0.39, 0.29) is 11.6 Å². The molecule has 0 fully saturated rings. The normalized spacial score (nSPS) is 11.8. The highest BCUT2D eigenvalue weighted by molar-refractivity contribution is 8.00. The second-order valence-electron chi connectivity index (χ2n) is 12.1. The number of aromatic nitrogens is 1. The molecule has 0 saturated heterocycles. The molecule has 1 atom stereocenters. The predicted octanol–water partition coefficient (Wildman–Crippen LogP) is 9.85. The summed E-state index contributed by atoms with van der Waals surface area (Å²) in [6.45, 7) is 0. The molecule has 54 heavy (non-hydrogen) atoms. The van der Waals surface area contributed by atoms with Crippen LogP contribution >= 0.6 is 23.1 Å². The van der Waals surface area contributed by atoms with E-state index in [4.69, 9.17) is 4.74 Å². The summed E-state index contributed by atoms with van der Waals surface area (Å²) in [5, 5.41) is 12.6. The molecule has 6 aromatic carbocycles. The minimum atomic E-state index is -0.580. The fraction of sp³-hybridized carbons (Fsp3) is 0.0455. The summed E-state index contributed by atoms with van der Waals surface area (Å²) in [7, 11) is 1.62. The van der Waals surface area contributed by atoms with Crippen molar-refractivity contribution in [3.05, 3.63) is 179 Å². The molecule has 0 aliphatic heterocycles. The van der Waals surface area contributed by atoms with E-state index in [9.17, 15) is 14.4 Å². The first kappa shape index (κ1) is 35.9. The van der Waals surface area contributed by atoms with E-state index in [0.717, 1.165) is 43.8 Å². The first-order valence-electron chi connectivity index (χ1n) is 17.0. The van der Waals surface area contributed by atoms with Crippen molar-refractivity contribution < 1.29 is 19.1 Å². The first-order valence-corrected chi connectivity index (χ1v) is 18.8. The van der Waals surface area contributed by atoms with Gasteiger partial charge in [0.25, 0.3) is 11.8 Å². The molecule has 1 unspecified atom stereocenters. The Morgan fingerprint density at radius 3 is 2.17 bits per heavy atom. The van der Waals surface area contributed by atoms with Gasteiger partial charge in [-0.1, -0.05) is 91.0 Å². The monoisotopic (exact) mass is 746 g/mol. The summed E-state index contributed by atoms with van der Waals surface area (Å²) in [5.41, 5.74) is 4.35. The van der Waals surface area contributed by atoms with Crippen LogP contribution in [0.1, 0.15) is 26.7 Å². The van der Waals surface area contributed by atoms with Gasteiger partial charge in [-0.25, -0.2) is 4.98 Å². The first-order chi connectivity index (χ1) is 26.4. The SMILES string of the molecule is COc1ccc(-c2csc(NC(=O)C(Sc3ccc(NC(=O)/C(=C/c4cccc5ccccc45)NC(=O)c4ccccc4)cc3)c3ccccc3)n2)cc1. The number of amides is 3. The lowest BCUT2D eigenvalue weighted by Gasteiger charge is -2.17. The fourth-order valence-corrected chi connectivity index (χ4v) is 7.47. The molecule has 0 spiro atoms. The lowest BCUT2D eigenvalue weighted by molar-refractivity contribution is -0.116. The van der Waals surface area contributed by atoms with Gasteiger partial charge in [-0.3, -0.25) is 14.4 Å². The molecular weight excluding hydrogens is 713 g/mol. The number of hydrogen-bond acceptors (Lipinski definition) is 7. The molecule has 7 aromatic rings. The van der Waals surface area contributed by atoms with Crippen molar-refractivity contribution in [3.63, 3.8) is 0 Å². The molecule has 10 heteroatoms. The maximum Gasteiger partial charge on any atom is 0.272 e. The van der Waals surface area contributed by atoms with Crippen LogP contribution in [0, 0.1) is 0 Å². The Morgan fingerprint density at radius 2 is 1.43 bits per heavy atom. The average Bonchev–Trinajstić information content (AvgIpc) is 3.69. The largest absolute Gasteiger partial charge is 0.497 e. The third-order valence-electron chi connectivity index (χ3n) is 8.48. The van der Waals surface area contributed by atoms with E-state index in [2.05, 4.69) is 20.9 Å². The van der Waals surface area contributed by atoms with Gasteiger partial charge in [0.15, 0.2) is 5.13 Å². The van der Waals surface area contributed by atoms with Crippen molar-refractivity contribution in [3.8, 4) is 17.0 Å². The van der Waals surface area contributed by atoms with E-state index in [1.54, 1.807) is 49.6 Å². The molecular formula is C44H34N4O4S2. The van der Waals surface area contributed by atoms with Gasteiger partial charge in [0.05, 0.1) is 12.8 Å². The number of carbonyl (C=O) groups is 3. The van der Waals surface area contributed by atoms with Crippen LogP contribution in [-0.2, 0) is 9.59 Å². The minimum Gasteiger partial charge on any atom is -0.497 e. The highest BCUT2D eigenvalue weighted by Crippen LogP contribution is 2.37. The topological polar surface area (TPSA) is 109 Å². The third kappa shape index (κ3) is 8.75. The summed E-state index contributed by atoms with van der Waals surface area (Å²) in [6, 6.07) is 46.9. The van der Waals surface area contributed by atoms with Gasteiger partial charge in [0.1, 0.15) is 16.7 Å². The summed E-state index contributed by atoms with van der Waals surface area (Å²) in [4.78, 5) is 46.3. The van der Waals surface area contributed by atoms with Crippen LogP contribution in [0.2, 0.25) is 0 Å². The van der Waals surface area contributed by atoms with Crippen LogP contribution in [0.5, 0.6) is 5.75 Å². The standard InChI is InChI=1S/C44H34N4O4S2/c1-52-35-23-19-30(20-24-35)39-28-53-44(47-39)48-43(51)40(31-12-4-2-5-13-31)54-36-25-21-34(22-26-36)45-42(50)38(46-41(49)32-14-6-3-7-15-32)27-33-17-10-16-29-11-8-9-18-37(29)33/h2-28,40H,1H3,(H,45,50)(H,46,49)(H,47,48,51)/b38-27-. The Bertz CT molecular complexity index is 2430. The Kier molecular flexibility index (Phi) is 11.2. The number of methoxy groups -OCH3 is 1. The summed E-state index contributed by atoms with van der Waals surface area (Å²) in [5.74, 6) is -0.335. The Balaban J connectivity index is 1.08. The zero-order valence-corrected chi connectivity index (χ0v) is 30.7. The Morgan fingerprint density at radius 1 is 0.741 bits per heavy atom. The Hall–Kier alpha value is -6.49. The molecule has 1 heterocycles. The third-order valence-corrected chi connectivity index (χ3v) is 10.5. The van der Waals surface area contributed by atoms with Crippen LogP contribution in [-0.4, -0.2) is 29.8 Å². The van der Waals surface area contributed by atoms with E-state index in [1.807, 2.05) is 121 Å². The number of fused-ring (bicyclic) bond motifs is 1. The van der Waals surface area contributed by atoms with Crippen molar-refractivity contribution in [2.75, 3.05) is 17.7 Å². The number of nitrogens with zero attached hydrogens (tertiary/aromatic N) is 1. The fourth-order valence-electron chi connectivity index (χ4n) is 5.72. The van der Waals surface area contributed by atoms with E-state index < -0.39 is 17.1 Å². The number of benzene rings is 6. The van der Waals surface area contributed by atoms with Gasteiger partial charge in [-0.05, 0) is 88.6 Å². The molecule has 266 valence electrons. The van der Waals surface area contributed by atoms with Crippen molar-refractivity contribution in [2.45, 2.75) is 10.1 Å². The molecule has 0 bridgehead atoms. The van der Waals surface area contributed by atoms with Crippen molar-refractivity contribution in [1.82, 2.24) is 10.3 Å². The number of nitrogens with one attached hydrogen (secondary N) is 3. The summed E-state index contributed by atoms with van der Waals surface area (Å²) in [6.07, 6.45) is 1.69. The molecule has 3 N–H and O–H groups in total. The van der Waals surface area contributed by atoms with Gasteiger partial charge >= 0.3 is 0 Å². The maximum absolute atomic E-state index is 13.8. The highest BCUT2D eigenvalue weighted by atomic mass is 32.2. The summed E-state index contributed by atoms with van der Waals surface area (Å²) >= 11 is 2.75. The van der Waals surface area contributed by atoms with E-state index in [0.29, 0.717) is 16.4 Å². The zero-order valence-electron chi connectivity index (χ0n) is 29.1. The number of thiazole rings is 1. The number of carbonyl (C=O) groups excluding carboxylic acids is 3. The minimum absolute atomic E-state index is 0.0943.